The first-order valence-electron chi connectivity index (χ1n) is 21.1. The van der Waals surface area contributed by atoms with Crippen molar-refractivity contribution < 1.29 is 24.2 Å². The van der Waals surface area contributed by atoms with Gasteiger partial charge in [0.05, 0.1) is 35.4 Å². The molecule has 60 heavy (non-hydrogen) atoms. The number of para-hydroxylation sites is 1. The van der Waals surface area contributed by atoms with E-state index >= 15 is 0 Å². The molecule has 0 radical (unpaired) electrons. The Morgan fingerprint density at radius 2 is 1.70 bits per heavy atom. The number of nitrogens with zero attached hydrogens (tertiary/aromatic N) is 8. The lowest BCUT2D eigenvalue weighted by Gasteiger charge is -2.43. The van der Waals surface area contributed by atoms with Gasteiger partial charge in [-0.2, -0.15) is 0 Å². The number of nitrogen functional groups attached to an aromatic ring is 1. The number of aromatic hydroxyl groups is 1. The van der Waals surface area contributed by atoms with Crippen LogP contribution in [0.15, 0.2) is 79.1 Å². The van der Waals surface area contributed by atoms with Gasteiger partial charge in [0.1, 0.15) is 17.5 Å². The molecule has 5 aromatic rings. The first kappa shape index (κ1) is 39.4. The van der Waals surface area contributed by atoms with E-state index < -0.39 is 6.03 Å². The Kier molecular flexibility index (Phi) is 10.9. The molecule has 312 valence electrons. The molecule has 0 bridgehead atoms. The average molecular weight is 813 g/mol. The van der Waals surface area contributed by atoms with Crippen molar-refractivity contribution in [3.8, 4) is 17.0 Å². The Morgan fingerprint density at radius 3 is 2.45 bits per heavy atom. The van der Waals surface area contributed by atoms with Crippen LogP contribution in [-0.4, -0.2) is 110 Å². The van der Waals surface area contributed by atoms with Crippen molar-refractivity contribution in [1.82, 2.24) is 34.9 Å². The smallest absolute Gasteiger partial charge is 0.328 e. The van der Waals surface area contributed by atoms with Crippen LogP contribution in [0, 0.1) is 5.92 Å². The molecule has 15 heteroatoms. The number of hydrogen-bond acceptors (Lipinski definition) is 11. The number of phenolic OH excluding ortho intramolecular Hbond substituents is 1. The summed E-state index contributed by atoms with van der Waals surface area (Å²) in [5.41, 5.74) is 11.5. The van der Waals surface area contributed by atoms with E-state index in [0.717, 1.165) is 80.7 Å². The van der Waals surface area contributed by atoms with Gasteiger partial charge in [-0.25, -0.2) is 9.78 Å². The third-order valence-electron chi connectivity index (χ3n) is 13.0. The van der Waals surface area contributed by atoms with E-state index in [2.05, 4.69) is 49.1 Å². The normalized spacial score (nSPS) is 22.4. The lowest BCUT2D eigenvalue weighted by atomic mass is 9.94. The van der Waals surface area contributed by atoms with Crippen molar-refractivity contribution in [2.75, 3.05) is 61.3 Å². The number of aromatic nitrogens is 4. The molecule has 0 aliphatic carbocycles. The third kappa shape index (κ3) is 7.86. The summed E-state index contributed by atoms with van der Waals surface area (Å²) in [6, 6.07) is 20.8. The van der Waals surface area contributed by atoms with Crippen molar-refractivity contribution in [3.63, 3.8) is 0 Å². The van der Waals surface area contributed by atoms with Crippen molar-refractivity contribution in [1.29, 1.82) is 0 Å². The summed E-state index contributed by atoms with van der Waals surface area (Å²) >= 11 is 0. The molecule has 0 saturated carbocycles. The van der Waals surface area contributed by atoms with Gasteiger partial charge >= 0.3 is 6.03 Å². The lowest BCUT2D eigenvalue weighted by Crippen LogP contribution is -2.50. The molecule has 0 spiro atoms. The van der Waals surface area contributed by atoms with Crippen molar-refractivity contribution >= 4 is 46.1 Å². The monoisotopic (exact) mass is 812 g/mol. The van der Waals surface area contributed by atoms with E-state index in [1.807, 2.05) is 54.3 Å². The van der Waals surface area contributed by atoms with Crippen LogP contribution in [0.1, 0.15) is 74.0 Å². The van der Waals surface area contributed by atoms with E-state index in [1.54, 1.807) is 29.3 Å². The van der Waals surface area contributed by atoms with Crippen LogP contribution >= 0.6 is 0 Å². The second kappa shape index (κ2) is 16.5. The number of ether oxygens (including phenoxy) is 1. The van der Waals surface area contributed by atoms with Crippen LogP contribution in [0.2, 0.25) is 0 Å². The van der Waals surface area contributed by atoms with Crippen LogP contribution < -0.4 is 20.9 Å². The highest BCUT2D eigenvalue weighted by Gasteiger charge is 2.35. The molecular formula is C45H52N10O5. The number of anilines is 3. The van der Waals surface area contributed by atoms with Crippen molar-refractivity contribution in [2.24, 2.45) is 5.92 Å². The number of urea groups is 1. The first-order chi connectivity index (χ1) is 29.1. The predicted octanol–water partition coefficient (Wildman–Crippen LogP) is 5.77. The molecule has 3 aromatic heterocycles. The first-order valence-corrected chi connectivity index (χ1v) is 21.1. The number of hydrogen-bond donors (Lipinski definition) is 3. The minimum absolute atomic E-state index is 0.00717. The van der Waals surface area contributed by atoms with Gasteiger partial charge < -0.3 is 34.8 Å². The highest BCUT2D eigenvalue weighted by Crippen LogP contribution is 2.37. The van der Waals surface area contributed by atoms with Gasteiger partial charge in [-0.05, 0) is 93.5 Å². The second-order valence-electron chi connectivity index (χ2n) is 16.7. The fraction of sp³-hybridized carbons (Fsp3) is 0.422. The number of morpholine rings is 1. The standard InChI is InChI=1S/C45H52N10O5/c1-28-29(2)60-40(27-55(28)38-24-37(49-50-42(38)46)36-5-3-4-6-39(36)56)31-7-9-32(10-8-31)44(58)52-19-11-30(12-20-52)26-51-17-14-34(15-18-51)53-21-13-33-23-35(25-47-43(33)53)54-22-16-41(57)48-45(54)59/h3-10,13,21,23-25,28-30,34,40,56H,11-12,14-20,22,26-27H2,1-2H3,(H2,46,50)(H,48,57,59)/t28-,29+,40+/m0/s1. The van der Waals surface area contributed by atoms with Crippen LogP contribution in [0.5, 0.6) is 5.75 Å². The Bertz CT molecular complexity index is 2390. The molecule has 7 heterocycles. The summed E-state index contributed by atoms with van der Waals surface area (Å²) in [7, 11) is 0. The fourth-order valence-corrected chi connectivity index (χ4v) is 9.33. The largest absolute Gasteiger partial charge is 0.507 e. The quantitative estimate of drug-likeness (QED) is 0.174. The Labute approximate surface area is 349 Å². The average Bonchev–Trinajstić information content (AvgIpc) is 3.69. The predicted molar refractivity (Wildman–Crippen MR) is 229 cm³/mol. The van der Waals surface area contributed by atoms with Gasteiger partial charge in [-0.3, -0.25) is 19.8 Å². The van der Waals surface area contributed by atoms with Crippen molar-refractivity contribution in [2.45, 2.75) is 70.2 Å². The molecule has 4 saturated heterocycles. The number of nitrogens with one attached hydrogen (secondary N) is 1. The molecule has 4 N–H and O–H groups in total. The van der Waals surface area contributed by atoms with Crippen LogP contribution in [0.4, 0.5) is 22.0 Å². The van der Waals surface area contributed by atoms with Gasteiger partial charge in [-0.15, -0.1) is 10.2 Å². The second-order valence-corrected chi connectivity index (χ2v) is 16.7. The summed E-state index contributed by atoms with van der Waals surface area (Å²) in [4.78, 5) is 50.7. The van der Waals surface area contributed by atoms with E-state index in [4.69, 9.17) is 15.5 Å². The van der Waals surface area contributed by atoms with E-state index in [1.165, 1.54) is 0 Å². The zero-order valence-corrected chi connectivity index (χ0v) is 34.1. The maximum Gasteiger partial charge on any atom is 0.328 e. The summed E-state index contributed by atoms with van der Waals surface area (Å²) in [6.45, 7) is 9.62. The molecule has 4 amide bonds. The maximum absolute atomic E-state index is 13.7. The summed E-state index contributed by atoms with van der Waals surface area (Å²) < 4.78 is 8.76. The van der Waals surface area contributed by atoms with Gasteiger partial charge in [0.2, 0.25) is 5.91 Å². The summed E-state index contributed by atoms with van der Waals surface area (Å²) in [5, 5.41) is 22.3. The highest BCUT2D eigenvalue weighted by atomic mass is 16.5. The molecule has 4 fully saturated rings. The molecule has 3 atom stereocenters. The molecule has 0 unspecified atom stereocenters. The number of benzene rings is 2. The van der Waals surface area contributed by atoms with Gasteiger partial charge in [-0.1, -0.05) is 24.3 Å². The number of pyridine rings is 1. The van der Waals surface area contributed by atoms with Crippen LogP contribution in [0.3, 0.4) is 0 Å². The number of likely N-dealkylation sites (tertiary alicyclic amines) is 2. The minimum Gasteiger partial charge on any atom is -0.507 e. The number of rotatable bonds is 8. The number of imide groups is 1. The Morgan fingerprint density at radius 1 is 0.933 bits per heavy atom. The number of fused-ring (bicyclic) bond motifs is 1. The summed E-state index contributed by atoms with van der Waals surface area (Å²) in [5.74, 6) is 0.809. The van der Waals surface area contributed by atoms with Crippen molar-refractivity contribution in [3.05, 3.63) is 90.3 Å². The zero-order valence-electron chi connectivity index (χ0n) is 34.1. The van der Waals surface area contributed by atoms with E-state index in [-0.39, 0.29) is 42.2 Å². The minimum atomic E-state index is -0.402. The van der Waals surface area contributed by atoms with Gasteiger partial charge in [0.25, 0.3) is 5.91 Å². The number of carbonyl (C=O) groups is 3. The van der Waals surface area contributed by atoms with Gasteiger partial charge in [0, 0.05) is 81.0 Å². The molecule has 4 aliphatic rings. The number of phenols is 1. The molecule has 4 aliphatic heterocycles. The summed E-state index contributed by atoms with van der Waals surface area (Å²) in [6.07, 6.45) is 7.80. The van der Waals surface area contributed by atoms with E-state index in [0.29, 0.717) is 53.4 Å². The van der Waals surface area contributed by atoms with Crippen LogP contribution in [-0.2, 0) is 9.53 Å². The molecule has 2 aromatic carbocycles. The van der Waals surface area contributed by atoms with E-state index in [9.17, 15) is 19.5 Å². The Balaban J connectivity index is 0.764. The number of amides is 4. The highest BCUT2D eigenvalue weighted by molar-refractivity contribution is 6.06. The lowest BCUT2D eigenvalue weighted by molar-refractivity contribution is -0.120. The van der Waals surface area contributed by atoms with Gasteiger partial charge in [0.15, 0.2) is 5.82 Å². The zero-order chi connectivity index (χ0) is 41.5. The number of carbonyl (C=O) groups excluding carboxylic acids is 3. The third-order valence-corrected chi connectivity index (χ3v) is 13.0. The molecule has 9 rings (SSSR count). The fourth-order valence-electron chi connectivity index (χ4n) is 9.33. The Hall–Kier alpha value is -6.06. The molecular weight excluding hydrogens is 761 g/mol. The van der Waals surface area contributed by atoms with Crippen LogP contribution in [0.25, 0.3) is 22.3 Å². The number of piperidine rings is 2. The topological polar surface area (TPSA) is 175 Å². The number of nitrogens with two attached hydrogens (primary N) is 1. The molecule has 15 nitrogen and oxygen atoms in total. The maximum atomic E-state index is 13.7. The SMILES string of the molecule is C[C@H]1O[C@@H](c2ccc(C(=O)N3CCC(CN4CCC(n5ccc6cc(N7CCC(=O)NC7=O)cnc65)CC4)CC3)cc2)CN(c2cc(-c3ccccc3O)nnc2N)[C@H]1C.